The summed E-state index contributed by atoms with van der Waals surface area (Å²) in [6.45, 7) is 0. The highest BCUT2D eigenvalue weighted by Crippen LogP contribution is 2.16. The first-order chi connectivity index (χ1) is 8.25. The average molecular weight is 226 g/mol. The molecule has 0 aliphatic heterocycles. The monoisotopic (exact) mass is 226 g/mol. The van der Waals surface area contributed by atoms with Gasteiger partial charge in [0.05, 0.1) is 11.4 Å². The minimum absolute atomic E-state index is 0.300. The molecule has 2 aromatic carbocycles. The molecule has 0 unspecified atom stereocenters. The molecule has 4 heteroatoms. The van der Waals surface area contributed by atoms with Crippen molar-refractivity contribution in [3.05, 3.63) is 64.8 Å². The summed E-state index contributed by atoms with van der Waals surface area (Å²) in [5.41, 5.74) is 0.631. The maximum Gasteiger partial charge on any atom is 0.222 e. The Morgan fingerprint density at radius 2 is 1.47 bits per heavy atom. The van der Waals surface area contributed by atoms with Crippen LogP contribution in [0.4, 0.5) is 11.4 Å². The third-order valence-electron chi connectivity index (χ3n) is 2.09. The summed E-state index contributed by atoms with van der Waals surface area (Å²) in [6, 6.07) is 14.9. The van der Waals surface area contributed by atoms with Crippen molar-refractivity contribution in [2.24, 2.45) is 10.2 Å². The second-order valence-corrected chi connectivity index (χ2v) is 3.38. The van der Waals surface area contributed by atoms with Gasteiger partial charge in [-0.15, -0.1) is 0 Å². The second kappa shape index (κ2) is 5.03. The van der Waals surface area contributed by atoms with E-state index in [-0.39, 0.29) is 5.75 Å². The van der Waals surface area contributed by atoms with Gasteiger partial charge in [0.25, 0.3) is 0 Å². The smallest absolute Gasteiger partial charge is 0.222 e. The highest BCUT2D eigenvalue weighted by atomic mass is 16.3. The van der Waals surface area contributed by atoms with Gasteiger partial charge in [0.1, 0.15) is 0 Å². The van der Waals surface area contributed by atoms with Crippen LogP contribution in [0.2, 0.25) is 0 Å². The van der Waals surface area contributed by atoms with Crippen LogP contribution in [-0.2, 0) is 0 Å². The highest BCUT2D eigenvalue weighted by Gasteiger charge is 1.94. The molecule has 0 saturated heterocycles. The fourth-order valence-corrected chi connectivity index (χ4v) is 1.25. The van der Waals surface area contributed by atoms with E-state index in [4.69, 9.17) is 0 Å². The molecule has 84 valence electrons. The standard InChI is InChI=1S/C13H10N2O2/c16-12-8-4-7-11(9-13(12)17)15-14-10-5-2-1-3-6-10/h1-9H,(H,16,17). The Morgan fingerprint density at radius 3 is 2.24 bits per heavy atom. The van der Waals surface area contributed by atoms with E-state index < -0.39 is 5.43 Å². The molecule has 0 aliphatic rings. The maximum absolute atomic E-state index is 11.3. The van der Waals surface area contributed by atoms with Crippen molar-refractivity contribution >= 4 is 11.4 Å². The van der Waals surface area contributed by atoms with Crippen molar-refractivity contribution < 1.29 is 5.11 Å². The third-order valence-corrected chi connectivity index (χ3v) is 2.09. The van der Waals surface area contributed by atoms with Crippen molar-refractivity contribution in [2.75, 3.05) is 0 Å². The number of rotatable bonds is 2. The zero-order valence-electron chi connectivity index (χ0n) is 8.95. The van der Waals surface area contributed by atoms with Gasteiger partial charge in [0.2, 0.25) is 5.43 Å². The van der Waals surface area contributed by atoms with Crippen molar-refractivity contribution in [1.29, 1.82) is 0 Å². The minimum atomic E-state index is -0.475. The van der Waals surface area contributed by atoms with Gasteiger partial charge < -0.3 is 5.11 Å². The van der Waals surface area contributed by atoms with Crippen LogP contribution in [0.25, 0.3) is 0 Å². The van der Waals surface area contributed by atoms with E-state index in [2.05, 4.69) is 10.2 Å². The normalized spacial score (nSPS) is 10.6. The second-order valence-electron chi connectivity index (χ2n) is 3.38. The predicted molar refractivity (Wildman–Crippen MR) is 65.0 cm³/mol. The molecule has 0 amide bonds. The largest absolute Gasteiger partial charge is 0.504 e. The summed E-state index contributed by atoms with van der Waals surface area (Å²) in [7, 11) is 0. The Bertz CT molecular complexity index is 595. The van der Waals surface area contributed by atoms with Crippen LogP contribution in [0.5, 0.6) is 5.75 Å². The van der Waals surface area contributed by atoms with Gasteiger partial charge in [-0.1, -0.05) is 24.3 Å². The Balaban J connectivity index is 2.32. The molecule has 0 aliphatic carbocycles. The summed E-state index contributed by atoms with van der Waals surface area (Å²) in [5, 5.41) is 17.1. The van der Waals surface area contributed by atoms with Crippen molar-refractivity contribution in [3.8, 4) is 5.75 Å². The summed E-state index contributed by atoms with van der Waals surface area (Å²) >= 11 is 0. The molecule has 0 bridgehead atoms. The van der Waals surface area contributed by atoms with Crippen molar-refractivity contribution in [3.63, 3.8) is 0 Å². The fourth-order valence-electron chi connectivity index (χ4n) is 1.25. The van der Waals surface area contributed by atoms with Gasteiger partial charge in [0.15, 0.2) is 5.75 Å². The summed E-state index contributed by atoms with van der Waals surface area (Å²) in [5.74, 6) is -0.300. The van der Waals surface area contributed by atoms with E-state index in [1.54, 1.807) is 12.1 Å². The minimum Gasteiger partial charge on any atom is -0.504 e. The van der Waals surface area contributed by atoms with Crippen LogP contribution in [-0.4, -0.2) is 5.11 Å². The first kappa shape index (κ1) is 11.0. The third kappa shape index (κ3) is 2.98. The lowest BCUT2D eigenvalue weighted by Crippen LogP contribution is -1.91. The molecule has 2 rings (SSSR count). The lowest BCUT2D eigenvalue weighted by molar-refractivity contribution is 0.471. The van der Waals surface area contributed by atoms with Gasteiger partial charge in [-0.05, 0) is 24.3 Å². The Morgan fingerprint density at radius 1 is 0.824 bits per heavy atom. The number of aromatic hydroxyl groups is 1. The van der Waals surface area contributed by atoms with Crippen LogP contribution in [0.3, 0.4) is 0 Å². The molecule has 0 radical (unpaired) electrons. The molecule has 0 saturated carbocycles. The lowest BCUT2D eigenvalue weighted by atomic mass is 10.3. The van der Waals surface area contributed by atoms with E-state index >= 15 is 0 Å². The zero-order chi connectivity index (χ0) is 12.1. The topological polar surface area (TPSA) is 62.0 Å². The van der Waals surface area contributed by atoms with Crippen LogP contribution in [0.1, 0.15) is 0 Å². The van der Waals surface area contributed by atoms with Gasteiger partial charge in [0, 0.05) is 6.07 Å². The molecule has 0 spiro atoms. The molecule has 0 heterocycles. The highest BCUT2D eigenvalue weighted by molar-refractivity contribution is 5.40. The quantitative estimate of drug-likeness (QED) is 0.799. The first-order valence-corrected chi connectivity index (χ1v) is 5.06. The Hall–Kier alpha value is -2.49. The molecular formula is C13H10N2O2. The SMILES string of the molecule is O=c1cc(N=Nc2ccccc2)cccc1O. The number of hydrogen-bond donors (Lipinski definition) is 1. The summed E-state index contributed by atoms with van der Waals surface area (Å²) in [4.78, 5) is 11.3. The average Bonchev–Trinajstić information content (AvgIpc) is 2.51. The zero-order valence-corrected chi connectivity index (χ0v) is 8.95. The first-order valence-electron chi connectivity index (χ1n) is 5.06. The maximum atomic E-state index is 11.3. The molecule has 0 fully saturated rings. The van der Waals surface area contributed by atoms with Gasteiger partial charge in [-0.25, -0.2) is 0 Å². The molecule has 17 heavy (non-hydrogen) atoms. The van der Waals surface area contributed by atoms with Gasteiger partial charge in [-0.3, -0.25) is 4.79 Å². The fraction of sp³-hybridized carbons (Fsp3) is 0. The summed E-state index contributed by atoms with van der Waals surface area (Å²) in [6.07, 6.45) is 0. The molecule has 4 nitrogen and oxygen atoms in total. The number of azo groups is 1. The van der Waals surface area contributed by atoms with E-state index in [0.717, 1.165) is 0 Å². The van der Waals surface area contributed by atoms with Crippen LogP contribution in [0, 0.1) is 0 Å². The molecular weight excluding hydrogens is 216 g/mol. The molecule has 0 aromatic heterocycles. The van der Waals surface area contributed by atoms with E-state index in [1.807, 2.05) is 30.3 Å². The van der Waals surface area contributed by atoms with Crippen molar-refractivity contribution in [2.45, 2.75) is 0 Å². The predicted octanol–water partition coefficient (Wildman–Crippen LogP) is 3.17. The Labute approximate surface area is 97.9 Å². The Kier molecular flexibility index (Phi) is 3.25. The lowest BCUT2D eigenvalue weighted by Gasteiger charge is -1.89. The van der Waals surface area contributed by atoms with Crippen LogP contribution in [0.15, 0.2) is 69.6 Å². The van der Waals surface area contributed by atoms with Crippen LogP contribution < -0.4 is 5.43 Å². The van der Waals surface area contributed by atoms with Gasteiger partial charge in [-0.2, -0.15) is 10.2 Å². The van der Waals surface area contributed by atoms with Crippen LogP contribution >= 0.6 is 0 Å². The molecule has 1 N–H and O–H groups in total. The number of hydrogen-bond acceptors (Lipinski definition) is 4. The van der Waals surface area contributed by atoms with E-state index in [9.17, 15) is 9.90 Å². The molecule has 0 atom stereocenters. The number of benzene rings is 1. The summed E-state index contributed by atoms with van der Waals surface area (Å²) < 4.78 is 0. The van der Waals surface area contributed by atoms with E-state index in [1.165, 1.54) is 12.1 Å². The van der Waals surface area contributed by atoms with E-state index in [0.29, 0.717) is 11.4 Å². The molecule has 2 aromatic rings. The van der Waals surface area contributed by atoms with Gasteiger partial charge >= 0.3 is 0 Å². The number of nitrogens with zero attached hydrogens (tertiary/aromatic N) is 2. The van der Waals surface area contributed by atoms with Crippen molar-refractivity contribution in [1.82, 2.24) is 0 Å².